The Hall–Kier alpha value is -3.39. The lowest BCUT2D eigenvalue weighted by molar-refractivity contribution is -0.140. The van der Waals surface area contributed by atoms with Crippen molar-refractivity contribution >= 4 is 23.1 Å². The summed E-state index contributed by atoms with van der Waals surface area (Å²) < 4.78 is 7.24. The average molecular weight is 394 g/mol. The minimum Gasteiger partial charge on any atom is -0.505 e. The molecule has 0 saturated carbocycles. The maximum absolute atomic E-state index is 13.0. The molecular weight excluding hydrogens is 372 g/mol. The van der Waals surface area contributed by atoms with Crippen LogP contribution in [0.3, 0.4) is 0 Å². The van der Waals surface area contributed by atoms with E-state index >= 15 is 0 Å². The van der Waals surface area contributed by atoms with Crippen molar-refractivity contribution in [1.82, 2.24) is 19.2 Å². The van der Waals surface area contributed by atoms with Crippen molar-refractivity contribution in [3.8, 4) is 0 Å². The van der Waals surface area contributed by atoms with Crippen LogP contribution >= 0.6 is 0 Å². The standard InChI is InChI=1S/C21H22N4O4/c1-13-17(24-9-5-4-8-15(24)22-13)19(26)16-18(14-7-6-12-29-14)25(11-10-23(2)3)21(28)20(16)27/h4-9,12,18,26H,10-11H2,1-3H3/b19-16+/t18-/m0/s1. The van der Waals surface area contributed by atoms with Crippen LogP contribution in [0, 0.1) is 6.92 Å². The van der Waals surface area contributed by atoms with Crippen LogP contribution in [0.2, 0.25) is 0 Å². The molecule has 1 amide bonds. The molecule has 29 heavy (non-hydrogen) atoms. The Bertz CT molecular complexity index is 1110. The van der Waals surface area contributed by atoms with Crippen LogP contribution in [-0.4, -0.2) is 63.2 Å². The van der Waals surface area contributed by atoms with Crippen molar-refractivity contribution in [2.24, 2.45) is 0 Å². The lowest BCUT2D eigenvalue weighted by Gasteiger charge is -2.24. The van der Waals surface area contributed by atoms with Gasteiger partial charge in [-0.1, -0.05) is 6.07 Å². The molecule has 1 atom stereocenters. The van der Waals surface area contributed by atoms with Crippen molar-refractivity contribution in [2.75, 3.05) is 27.2 Å². The van der Waals surface area contributed by atoms with Crippen molar-refractivity contribution in [3.05, 3.63) is 65.5 Å². The predicted octanol–water partition coefficient (Wildman–Crippen LogP) is 2.22. The molecule has 0 radical (unpaired) electrons. The van der Waals surface area contributed by atoms with Crippen LogP contribution in [0.25, 0.3) is 11.4 Å². The Labute approximate surface area is 167 Å². The minimum atomic E-state index is -0.793. The molecule has 150 valence electrons. The number of furan rings is 1. The minimum absolute atomic E-state index is 0.0115. The molecule has 0 aliphatic carbocycles. The number of aliphatic hydroxyl groups excluding tert-OH is 1. The summed E-state index contributed by atoms with van der Waals surface area (Å²) in [5.41, 5.74) is 1.61. The number of rotatable bonds is 5. The van der Waals surface area contributed by atoms with Crippen LogP contribution in [0.15, 0.2) is 52.8 Å². The van der Waals surface area contributed by atoms with E-state index in [-0.39, 0.29) is 11.3 Å². The van der Waals surface area contributed by atoms with Gasteiger partial charge in [0, 0.05) is 19.3 Å². The Kier molecular flexibility index (Phi) is 4.71. The molecule has 8 heteroatoms. The summed E-state index contributed by atoms with van der Waals surface area (Å²) in [4.78, 5) is 33.6. The summed E-state index contributed by atoms with van der Waals surface area (Å²) in [7, 11) is 3.78. The number of aromatic nitrogens is 2. The first-order chi connectivity index (χ1) is 13.9. The number of carbonyl (C=O) groups excluding carboxylic acids is 2. The lowest BCUT2D eigenvalue weighted by Crippen LogP contribution is -2.35. The van der Waals surface area contributed by atoms with E-state index in [2.05, 4.69) is 4.98 Å². The maximum Gasteiger partial charge on any atom is 0.295 e. The van der Waals surface area contributed by atoms with Gasteiger partial charge in [0.2, 0.25) is 0 Å². The number of imidazole rings is 1. The lowest BCUT2D eigenvalue weighted by atomic mass is 10.0. The highest BCUT2D eigenvalue weighted by Crippen LogP contribution is 2.39. The summed E-state index contributed by atoms with van der Waals surface area (Å²) in [6, 6.07) is 8.07. The summed E-state index contributed by atoms with van der Waals surface area (Å²) in [6.07, 6.45) is 3.25. The van der Waals surface area contributed by atoms with Gasteiger partial charge < -0.3 is 19.3 Å². The van der Waals surface area contributed by atoms with Gasteiger partial charge in [-0.2, -0.15) is 0 Å². The number of aryl methyl sites for hydroxylation is 1. The molecule has 4 heterocycles. The fourth-order valence-electron chi connectivity index (χ4n) is 3.69. The van der Waals surface area contributed by atoms with Crippen LogP contribution in [0.4, 0.5) is 0 Å². The number of carbonyl (C=O) groups is 2. The van der Waals surface area contributed by atoms with E-state index in [0.717, 1.165) is 0 Å². The zero-order valence-electron chi connectivity index (χ0n) is 16.5. The molecule has 8 nitrogen and oxygen atoms in total. The fourth-order valence-corrected chi connectivity index (χ4v) is 3.69. The molecule has 1 fully saturated rings. The summed E-state index contributed by atoms with van der Waals surface area (Å²) in [5, 5.41) is 11.2. The van der Waals surface area contributed by atoms with Gasteiger partial charge in [0.15, 0.2) is 5.76 Å². The highest BCUT2D eigenvalue weighted by atomic mass is 16.3. The number of aliphatic hydroxyl groups is 1. The quantitative estimate of drug-likeness (QED) is 0.405. The van der Waals surface area contributed by atoms with Crippen molar-refractivity contribution in [1.29, 1.82) is 0 Å². The van der Waals surface area contributed by atoms with Crippen LogP contribution in [0.5, 0.6) is 0 Å². The van der Waals surface area contributed by atoms with Gasteiger partial charge in [-0.15, -0.1) is 0 Å². The van der Waals surface area contributed by atoms with Crippen molar-refractivity contribution in [2.45, 2.75) is 13.0 Å². The molecule has 0 spiro atoms. The zero-order valence-corrected chi connectivity index (χ0v) is 16.5. The van der Waals surface area contributed by atoms with E-state index in [1.165, 1.54) is 11.2 Å². The van der Waals surface area contributed by atoms with E-state index < -0.39 is 17.7 Å². The fraction of sp³-hybridized carbons (Fsp3) is 0.286. The highest BCUT2D eigenvalue weighted by molar-refractivity contribution is 6.46. The second kappa shape index (κ2) is 7.21. The van der Waals surface area contributed by atoms with Gasteiger partial charge in [-0.05, 0) is 45.3 Å². The van der Waals surface area contributed by atoms with Crippen molar-refractivity contribution < 1.29 is 19.1 Å². The number of ketones is 1. The summed E-state index contributed by atoms with van der Waals surface area (Å²) in [6.45, 7) is 2.65. The molecule has 0 aromatic carbocycles. The largest absolute Gasteiger partial charge is 0.505 e. The first-order valence-electron chi connectivity index (χ1n) is 9.30. The summed E-state index contributed by atoms with van der Waals surface area (Å²) >= 11 is 0. The third-order valence-electron chi connectivity index (χ3n) is 5.07. The molecule has 0 bridgehead atoms. The zero-order chi connectivity index (χ0) is 20.7. The second-order valence-corrected chi connectivity index (χ2v) is 7.29. The molecule has 3 aromatic heterocycles. The Morgan fingerprint density at radius 1 is 1.24 bits per heavy atom. The Morgan fingerprint density at radius 2 is 2.03 bits per heavy atom. The molecule has 1 saturated heterocycles. The van der Waals surface area contributed by atoms with Gasteiger partial charge in [-0.25, -0.2) is 4.98 Å². The predicted molar refractivity (Wildman–Crippen MR) is 106 cm³/mol. The van der Waals surface area contributed by atoms with Crippen molar-refractivity contribution in [3.63, 3.8) is 0 Å². The monoisotopic (exact) mass is 394 g/mol. The van der Waals surface area contributed by atoms with Gasteiger partial charge in [0.05, 0.1) is 17.5 Å². The number of Topliss-reactive ketones (excluding diaryl/α,β-unsaturated/α-hetero) is 1. The van der Waals surface area contributed by atoms with Gasteiger partial charge >= 0.3 is 0 Å². The number of fused-ring (bicyclic) bond motifs is 1. The van der Waals surface area contributed by atoms with Crippen LogP contribution in [-0.2, 0) is 9.59 Å². The first-order valence-corrected chi connectivity index (χ1v) is 9.30. The Balaban J connectivity index is 1.90. The number of hydrogen-bond acceptors (Lipinski definition) is 6. The molecule has 0 unspecified atom stereocenters. The summed E-state index contributed by atoms with van der Waals surface area (Å²) in [5.74, 6) is -1.21. The molecule has 1 aliphatic heterocycles. The molecule has 4 rings (SSSR count). The van der Waals surface area contributed by atoms with Gasteiger partial charge in [0.25, 0.3) is 11.7 Å². The molecule has 1 N–H and O–H groups in total. The highest BCUT2D eigenvalue weighted by Gasteiger charge is 2.47. The number of amides is 1. The topological polar surface area (TPSA) is 91.3 Å². The maximum atomic E-state index is 13.0. The van der Waals surface area contributed by atoms with E-state index in [1.807, 2.05) is 37.2 Å². The molecule has 1 aliphatic rings. The number of pyridine rings is 1. The SMILES string of the molecule is Cc1nc2ccccn2c1/C(O)=C1\C(=O)C(=O)N(CCN(C)C)[C@H]1c1ccco1. The first kappa shape index (κ1) is 18.9. The molecule has 3 aromatic rings. The number of hydrogen-bond donors (Lipinski definition) is 1. The number of likely N-dealkylation sites (N-methyl/N-ethyl adjacent to an activating group) is 1. The van der Waals surface area contributed by atoms with Crippen LogP contribution < -0.4 is 0 Å². The van der Waals surface area contributed by atoms with Gasteiger partial charge in [0.1, 0.15) is 23.1 Å². The van der Waals surface area contributed by atoms with E-state index in [1.54, 1.807) is 29.7 Å². The van der Waals surface area contributed by atoms with Gasteiger partial charge in [-0.3, -0.25) is 14.0 Å². The number of nitrogens with zero attached hydrogens (tertiary/aromatic N) is 4. The van der Waals surface area contributed by atoms with E-state index in [0.29, 0.717) is 35.9 Å². The second-order valence-electron chi connectivity index (χ2n) is 7.29. The van der Waals surface area contributed by atoms with Crippen LogP contribution in [0.1, 0.15) is 23.2 Å². The normalized spacial score (nSPS) is 19.0. The smallest absolute Gasteiger partial charge is 0.295 e. The number of likely N-dealkylation sites (tertiary alicyclic amines) is 1. The third kappa shape index (κ3) is 3.11. The molecular formula is C21H22N4O4. The van der Waals surface area contributed by atoms with E-state index in [4.69, 9.17) is 4.42 Å². The Morgan fingerprint density at radius 3 is 2.72 bits per heavy atom. The van der Waals surface area contributed by atoms with E-state index in [9.17, 15) is 14.7 Å². The third-order valence-corrected chi connectivity index (χ3v) is 5.07. The average Bonchev–Trinajstić information content (AvgIpc) is 3.37.